The van der Waals surface area contributed by atoms with Crippen molar-refractivity contribution in [2.24, 2.45) is 51.3 Å². The van der Waals surface area contributed by atoms with Gasteiger partial charge in [0.05, 0.1) is 37.5 Å². The van der Waals surface area contributed by atoms with E-state index in [-0.39, 0.29) is 113 Å². The summed E-state index contributed by atoms with van der Waals surface area (Å²) in [7, 11) is 1.62. The van der Waals surface area contributed by atoms with E-state index in [9.17, 15) is 38.4 Å². The number of hydrogen-bond donors (Lipinski definition) is 11. The van der Waals surface area contributed by atoms with Gasteiger partial charge in [-0.1, -0.05) is 43.3 Å². The summed E-state index contributed by atoms with van der Waals surface area (Å²) in [5.41, 5.74) is 20.0. The van der Waals surface area contributed by atoms with Gasteiger partial charge < -0.3 is 87.7 Å². The minimum Gasteiger partial charge on any atom is -0.493 e. The quantitative estimate of drug-likeness (QED) is 0.0121. The first-order valence-corrected chi connectivity index (χ1v) is 31.9. The summed E-state index contributed by atoms with van der Waals surface area (Å²) >= 11 is 0. The number of aliphatic imine (C=N–C) groups is 1. The number of carbonyl (C=O) groups is 8. The normalized spacial score (nSPS) is 22.7. The number of benzene rings is 4. The first-order chi connectivity index (χ1) is 45.3. The van der Waals surface area contributed by atoms with Gasteiger partial charge in [0, 0.05) is 50.0 Å². The summed E-state index contributed by atoms with van der Waals surface area (Å²) in [6.07, 6.45) is 4.38. The van der Waals surface area contributed by atoms with E-state index in [2.05, 4.69) is 55.2 Å². The molecule has 1 saturated heterocycles. The summed E-state index contributed by atoms with van der Waals surface area (Å²) in [5, 5.41) is 26.8. The van der Waals surface area contributed by atoms with E-state index < -0.39 is 77.3 Å². The summed E-state index contributed by atoms with van der Waals surface area (Å²) < 4.78 is 35.9. The molecule has 2 bridgehead atoms. The SMILES string of the molecule is COc1ccc2c3c1O[C@H]1C(OC(=O)N4CCC(C(=O)NCCCC[C@H](NC(=O)OCc5ccccc5)C(=O)NCCOc5ccc(C(=O)Oc6ccc(N=C(N)N)cc6)cc5)CC4CNC(=O)[C@@H](CCCNC(=N)N)NC(=O)CNC(C)=O)=CC[C@H]4[C@@H]5C(C)C5(C2)C[C@]314. The number of nitrogens with one attached hydrogen (secondary N) is 8. The van der Waals surface area contributed by atoms with Crippen molar-refractivity contribution in [1.29, 1.82) is 5.41 Å². The van der Waals surface area contributed by atoms with Crippen molar-refractivity contribution in [3.63, 3.8) is 0 Å². The lowest BCUT2D eigenvalue weighted by molar-refractivity contribution is -0.130. The van der Waals surface area contributed by atoms with E-state index in [1.54, 1.807) is 55.6 Å². The smallest absolute Gasteiger partial charge is 0.415 e. The molecule has 10 rings (SSSR count). The molecular weight excluding hydrogens is 1210 g/mol. The second kappa shape index (κ2) is 29.7. The number of rotatable bonds is 29. The second-order valence-corrected chi connectivity index (χ2v) is 24.8. The third kappa shape index (κ3) is 15.4. The van der Waals surface area contributed by atoms with Crippen molar-refractivity contribution in [2.75, 3.05) is 53.0 Å². The maximum atomic E-state index is 14.8. The van der Waals surface area contributed by atoms with E-state index in [1.807, 2.05) is 30.3 Å². The van der Waals surface area contributed by atoms with Crippen molar-refractivity contribution in [3.8, 4) is 23.0 Å². The standard InChI is InChI=1S/C67H83N13O14/c1-38-54-48-23-25-52(57-67(48)37-66(38,54)33-43-16-24-51(89-3)56(94-57)55(43)67)93-65(88)80-30-26-42(32-45(80)34-76-60(85)49(13-9-28-74-62(68)69)78-53(82)35-75-39(2)81)58(83)72-27-8-7-12-50(79-64(87)91-36-40-10-5-4-6-11-40)59(84)73-29-31-90-46-19-14-41(15-20-46)61(86)92-47-21-17-44(18-22-47)77-63(70)71/h4-6,10-11,14-22,24-25,38,42,45,48-50,54,57H,7-9,12-13,23,26-37H2,1-3H3,(H,72,83)(H,73,84)(H,75,81)(H,76,85)(H,78,82)(H,79,87)(H4,68,69,74)(H4,70,71,77)/t38?,42?,45?,48-,49+,50-,54-,57-,66?,67-/m0/s1. The Morgan fingerprint density at radius 2 is 1.52 bits per heavy atom. The highest BCUT2D eigenvalue weighted by molar-refractivity contribution is 5.92. The Morgan fingerprint density at radius 1 is 0.798 bits per heavy atom. The molecule has 7 amide bonds. The van der Waals surface area contributed by atoms with Crippen LogP contribution in [0.5, 0.6) is 23.0 Å². The van der Waals surface area contributed by atoms with Gasteiger partial charge in [-0.25, -0.2) is 19.4 Å². The highest BCUT2D eigenvalue weighted by Crippen LogP contribution is 2.83. The Bertz CT molecular complexity index is 3550. The van der Waals surface area contributed by atoms with Crippen LogP contribution in [0.25, 0.3) is 0 Å². The second-order valence-electron chi connectivity index (χ2n) is 24.8. The molecule has 6 aliphatic rings. The van der Waals surface area contributed by atoms with Gasteiger partial charge in [-0.15, -0.1) is 0 Å². The molecule has 500 valence electrons. The fourth-order valence-electron chi connectivity index (χ4n) is 14.6. The summed E-state index contributed by atoms with van der Waals surface area (Å²) in [4.78, 5) is 113. The van der Waals surface area contributed by atoms with Gasteiger partial charge in [0.15, 0.2) is 29.5 Å². The van der Waals surface area contributed by atoms with E-state index in [1.165, 1.54) is 29.5 Å². The molecule has 27 heteroatoms. The number of esters is 1. The zero-order chi connectivity index (χ0) is 66.7. The van der Waals surface area contributed by atoms with Gasteiger partial charge in [-0.3, -0.25) is 29.4 Å². The fourth-order valence-corrected chi connectivity index (χ4v) is 14.6. The van der Waals surface area contributed by atoms with Crippen LogP contribution in [0.4, 0.5) is 15.3 Å². The number of hydrogen-bond acceptors (Lipinski definition) is 16. The van der Waals surface area contributed by atoms with E-state index in [4.69, 9.17) is 51.0 Å². The third-order valence-electron chi connectivity index (χ3n) is 18.9. The fraction of sp³-hybridized carbons (Fsp3) is 0.463. The molecular formula is C67H83N13O14. The number of ether oxygens (including phenoxy) is 6. The number of nitrogens with two attached hydrogens (primary N) is 3. The van der Waals surface area contributed by atoms with E-state index in [0.29, 0.717) is 72.1 Å². The number of carbonyl (C=O) groups excluding carboxylic acids is 8. The zero-order valence-electron chi connectivity index (χ0n) is 52.9. The predicted octanol–water partition coefficient (Wildman–Crippen LogP) is 3.93. The maximum Gasteiger partial charge on any atom is 0.415 e. The minimum atomic E-state index is -1.08. The van der Waals surface area contributed by atoms with Gasteiger partial charge >= 0.3 is 18.2 Å². The molecule has 0 aromatic heterocycles. The number of methoxy groups -OCH3 is 1. The molecule has 10 atom stereocenters. The molecule has 2 heterocycles. The van der Waals surface area contributed by atoms with Crippen LogP contribution in [-0.2, 0) is 51.9 Å². The van der Waals surface area contributed by atoms with Crippen LogP contribution in [-0.4, -0.2) is 142 Å². The number of amides is 7. The van der Waals surface area contributed by atoms with Crippen molar-refractivity contribution < 1.29 is 66.8 Å². The number of guanidine groups is 2. The lowest BCUT2D eigenvalue weighted by atomic mass is 9.58. The number of alkyl carbamates (subject to hydrolysis) is 1. The van der Waals surface area contributed by atoms with Crippen LogP contribution in [0.2, 0.25) is 0 Å². The van der Waals surface area contributed by atoms with Gasteiger partial charge in [-0.2, -0.15) is 0 Å². The molecule has 2 saturated carbocycles. The average Bonchev–Trinajstić information content (AvgIpc) is 1.46. The van der Waals surface area contributed by atoms with Crippen molar-refractivity contribution in [3.05, 3.63) is 125 Å². The minimum absolute atomic E-state index is 0.0275. The molecule has 2 spiro atoms. The highest BCUT2D eigenvalue weighted by atomic mass is 16.6. The Labute approximate surface area is 544 Å². The topological polar surface area (TPSA) is 394 Å². The number of likely N-dealkylation sites (tertiary alicyclic amines) is 1. The van der Waals surface area contributed by atoms with Gasteiger partial charge in [0.2, 0.25) is 29.5 Å². The van der Waals surface area contributed by atoms with Crippen LogP contribution in [0, 0.1) is 34.5 Å². The van der Waals surface area contributed by atoms with Crippen LogP contribution >= 0.6 is 0 Å². The molecule has 4 aromatic carbocycles. The molecule has 27 nitrogen and oxygen atoms in total. The van der Waals surface area contributed by atoms with Gasteiger partial charge in [0.25, 0.3) is 0 Å². The summed E-state index contributed by atoms with van der Waals surface area (Å²) in [6, 6.07) is 22.9. The lowest BCUT2D eigenvalue weighted by Gasteiger charge is -2.45. The molecule has 3 fully saturated rings. The molecule has 94 heavy (non-hydrogen) atoms. The molecule has 4 aliphatic carbocycles. The molecule has 2 aliphatic heterocycles. The van der Waals surface area contributed by atoms with Crippen LogP contribution in [0.1, 0.15) is 98.7 Å². The van der Waals surface area contributed by atoms with E-state index >= 15 is 0 Å². The average molecular weight is 1290 g/mol. The largest absolute Gasteiger partial charge is 0.493 e. The molecule has 4 unspecified atom stereocenters. The first-order valence-electron chi connectivity index (χ1n) is 31.9. The number of fused-ring (bicyclic) bond motifs is 1. The zero-order valence-corrected chi connectivity index (χ0v) is 52.9. The first kappa shape index (κ1) is 66.8. The van der Waals surface area contributed by atoms with Crippen LogP contribution in [0.15, 0.2) is 108 Å². The Kier molecular flexibility index (Phi) is 21.1. The number of piperidine rings is 1. The molecule has 4 aromatic rings. The highest BCUT2D eigenvalue weighted by Gasteiger charge is 2.81. The molecule has 0 radical (unpaired) electrons. The van der Waals surface area contributed by atoms with Crippen molar-refractivity contribution >= 4 is 65.3 Å². The van der Waals surface area contributed by atoms with Crippen LogP contribution < -0.4 is 73.4 Å². The van der Waals surface area contributed by atoms with Gasteiger partial charge in [0.1, 0.15) is 42.6 Å². The number of unbranched alkanes of at least 4 members (excludes halogenated alkanes) is 1. The Balaban J connectivity index is 0.755. The Hall–Kier alpha value is -10.1. The van der Waals surface area contributed by atoms with E-state index in [0.717, 1.165) is 24.0 Å². The van der Waals surface area contributed by atoms with Crippen LogP contribution in [0.3, 0.4) is 0 Å². The number of allylic oxidation sites excluding steroid dienone is 1. The van der Waals surface area contributed by atoms with Crippen molar-refractivity contribution in [1.82, 2.24) is 42.1 Å². The number of nitrogens with zero attached hydrogens (tertiary/aromatic N) is 2. The van der Waals surface area contributed by atoms with Gasteiger partial charge in [-0.05, 0) is 159 Å². The summed E-state index contributed by atoms with van der Waals surface area (Å²) in [6.45, 7) is 3.73. The Morgan fingerprint density at radius 3 is 2.26 bits per heavy atom. The lowest BCUT2D eigenvalue weighted by Crippen LogP contribution is -2.56. The molecule has 14 N–H and O–H groups in total. The monoisotopic (exact) mass is 1290 g/mol. The maximum absolute atomic E-state index is 14.8. The predicted molar refractivity (Wildman–Crippen MR) is 343 cm³/mol. The third-order valence-corrected chi connectivity index (χ3v) is 18.9. The summed E-state index contributed by atoms with van der Waals surface area (Å²) in [5.74, 6) is -0.144. The van der Waals surface area contributed by atoms with Crippen molar-refractivity contribution in [2.45, 2.75) is 114 Å².